The zero-order valence-corrected chi connectivity index (χ0v) is 26.9. The molecule has 42 heavy (non-hydrogen) atoms. The maximum absolute atomic E-state index is 5.27. The van der Waals surface area contributed by atoms with Gasteiger partial charge in [-0.25, -0.2) is 0 Å². The fourth-order valence-corrected chi connectivity index (χ4v) is 4.20. The Hall–Kier alpha value is -3.73. The van der Waals surface area contributed by atoms with Gasteiger partial charge in [0.2, 0.25) is 0 Å². The first kappa shape index (κ1) is 34.5. The van der Waals surface area contributed by atoms with Crippen LogP contribution in [0.4, 0.5) is 0 Å². The fraction of sp³-hybridized carbons (Fsp3) is 0.432. The van der Waals surface area contributed by atoms with Crippen molar-refractivity contribution >= 4 is 6.21 Å². The van der Waals surface area contributed by atoms with Crippen LogP contribution in [-0.4, -0.2) is 28.1 Å². The molecule has 0 unspecified atom stereocenters. The van der Waals surface area contributed by atoms with Crippen LogP contribution in [0.1, 0.15) is 92.3 Å². The van der Waals surface area contributed by atoms with E-state index >= 15 is 0 Å². The van der Waals surface area contributed by atoms with Gasteiger partial charge in [-0.3, -0.25) is 10.1 Å². The number of aryl methyl sites for hydroxylation is 2. The van der Waals surface area contributed by atoms with Gasteiger partial charge in [-0.15, -0.1) is 0 Å². The summed E-state index contributed by atoms with van der Waals surface area (Å²) < 4.78 is 5.27. The summed E-state index contributed by atoms with van der Waals surface area (Å²) in [4.78, 5) is 4.11. The van der Waals surface area contributed by atoms with E-state index in [2.05, 4.69) is 143 Å². The van der Waals surface area contributed by atoms with Crippen LogP contribution >= 0.6 is 0 Å². The topological polar surface area (TPSA) is 67.1 Å². The van der Waals surface area contributed by atoms with E-state index in [1.165, 1.54) is 22.3 Å². The van der Waals surface area contributed by atoms with Gasteiger partial charge in [-0.05, 0) is 65.0 Å². The zero-order chi connectivity index (χ0) is 30.4. The van der Waals surface area contributed by atoms with Gasteiger partial charge in [-0.2, -0.15) is 5.10 Å². The van der Waals surface area contributed by atoms with Crippen LogP contribution in [0.15, 0.2) is 81.8 Å². The number of nitrogens with zero attached hydrogens (tertiary/aromatic N) is 3. The van der Waals surface area contributed by atoms with E-state index in [0.29, 0.717) is 5.41 Å². The van der Waals surface area contributed by atoms with Crippen molar-refractivity contribution in [2.45, 2.75) is 94.4 Å². The zero-order valence-electron chi connectivity index (χ0n) is 26.9. The SMILES string of the molecule is C.CC(C)(C)C1=CCN=C1.Cc1cc(-c2cccc(C(C)(C)C)c2)n[nH]1.Cc1cc(-c2cccc(C(C)(C)C)c2)on1. The van der Waals surface area contributed by atoms with Crippen LogP contribution in [0.2, 0.25) is 0 Å². The highest BCUT2D eigenvalue weighted by atomic mass is 16.5. The van der Waals surface area contributed by atoms with Crippen LogP contribution in [0.25, 0.3) is 22.6 Å². The predicted molar refractivity (Wildman–Crippen MR) is 180 cm³/mol. The summed E-state index contributed by atoms with van der Waals surface area (Å²) in [6.07, 6.45) is 4.15. The third-order valence-corrected chi connectivity index (χ3v) is 6.88. The van der Waals surface area contributed by atoms with E-state index in [-0.39, 0.29) is 18.3 Å². The fourth-order valence-electron chi connectivity index (χ4n) is 4.20. The molecule has 5 rings (SSSR count). The molecule has 0 fully saturated rings. The number of hydrogen-bond acceptors (Lipinski definition) is 4. The highest BCUT2D eigenvalue weighted by Crippen LogP contribution is 2.29. The lowest BCUT2D eigenvalue weighted by Gasteiger charge is -2.19. The molecule has 0 atom stereocenters. The molecule has 0 spiro atoms. The average Bonchev–Trinajstić information content (AvgIpc) is 3.66. The van der Waals surface area contributed by atoms with Gasteiger partial charge in [0.05, 0.1) is 17.9 Å². The molecule has 0 saturated carbocycles. The lowest BCUT2D eigenvalue weighted by atomic mass is 9.86. The highest BCUT2D eigenvalue weighted by molar-refractivity contribution is 5.82. The smallest absolute Gasteiger partial charge is 0.167 e. The summed E-state index contributed by atoms with van der Waals surface area (Å²) in [5.74, 6) is 0.837. The van der Waals surface area contributed by atoms with Crippen LogP contribution in [0, 0.1) is 19.3 Å². The number of aliphatic imine (C=N–C) groups is 1. The van der Waals surface area contributed by atoms with Crippen molar-refractivity contribution in [3.05, 3.63) is 94.8 Å². The van der Waals surface area contributed by atoms with Gasteiger partial charge in [0, 0.05) is 29.1 Å². The van der Waals surface area contributed by atoms with Gasteiger partial charge < -0.3 is 4.52 Å². The van der Waals surface area contributed by atoms with Gasteiger partial charge in [0.15, 0.2) is 5.76 Å². The molecule has 0 radical (unpaired) electrons. The summed E-state index contributed by atoms with van der Waals surface area (Å²) in [5, 5.41) is 11.2. The Bertz CT molecular complexity index is 1390. The molecular weight excluding hydrogens is 516 g/mol. The first-order valence-electron chi connectivity index (χ1n) is 14.4. The second kappa shape index (κ2) is 14.0. The van der Waals surface area contributed by atoms with Crippen LogP contribution < -0.4 is 0 Å². The molecular formula is C37H52N4O. The number of allylic oxidation sites excluding steroid dienone is 1. The number of aromatic amines is 1. The van der Waals surface area contributed by atoms with Crippen molar-refractivity contribution < 1.29 is 4.52 Å². The molecule has 0 aliphatic carbocycles. The molecule has 1 N–H and O–H groups in total. The second-order valence-corrected chi connectivity index (χ2v) is 13.8. The summed E-state index contributed by atoms with van der Waals surface area (Å²) in [6, 6.07) is 21.0. The molecule has 1 aliphatic heterocycles. The first-order chi connectivity index (χ1) is 19.0. The van der Waals surface area contributed by atoms with E-state index < -0.39 is 0 Å². The Labute approximate surface area is 254 Å². The summed E-state index contributed by atoms with van der Waals surface area (Å²) in [6.45, 7) is 24.7. The molecule has 5 nitrogen and oxygen atoms in total. The molecule has 2 aromatic heterocycles. The van der Waals surface area contributed by atoms with E-state index in [9.17, 15) is 0 Å². The quantitative estimate of drug-likeness (QED) is 0.261. The van der Waals surface area contributed by atoms with Gasteiger partial charge in [-0.1, -0.05) is 117 Å². The second-order valence-electron chi connectivity index (χ2n) is 13.8. The van der Waals surface area contributed by atoms with Crippen molar-refractivity contribution in [2.24, 2.45) is 10.4 Å². The average molecular weight is 569 g/mol. The maximum atomic E-state index is 5.27. The highest BCUT2D eigenvalue weighted by Gasteiger charge is 2.17. The Morgan fingerprint density at radius 3 is 1.69 bits per heavy atom. The number of rotatable bonds is 2. The monoisotopic (exact) mass is 568 g/mol. The predicted octanol–water partition coefficient (Wildman–Crippen LogP) is 10.3. The minimum absolute atomic E-state index is 0. The number of aromatic nitrogens is 3. The number of benzene rings is 2. The van der Waals surface area contributed by atoms with Crippen LogP contribution in [0.3, 0.4) is 0 Å². The van der Waals surface area contributed by atoms with Gasteiger partial charge in [0.25, 0.3) is 0 Å². The Kier molecular flexibility index (Phi) is 11.5. The molecule has 1 aliphatic rings. The van der Waals surface area contributed by atoms with E-state index in [1.54, 1.807) is 0 Å². The number of H-pyrrole nitrogens is 1. The Morgan fingerprint density at radius 2 is 1.29 bits per heavy atom. The summed E-state index contributed by atoms with van der Waals surface area (Å²) in [5.41, 5.74) is 9.93. The van der Waals surface area contributed by atoms with Gasteiger partial charge in [0.1, 0.15) is 0 Å². The largest absolute Gasteiger partial charge is 0.356 e. The summed E-state index contributed by atoms with van der Waals surface area (Å²) in [7, 11) is 0. The van der Waals surface area contributed by atoms with E-state index in [0.717, 1.165) is 35.0 Å². The normalized spacial score (nSPS) is 12.9. The minimum atomic E-state index is 0. The molecule has 0 bridgehead atoms. The molecule has 0 saturated heterocycles. The van der Waals surface area contributed by atoms with Gasteiger partial charge >= 0.3 is 0 Å². The number of nitrogens with one attached hydrogen (secondary N) is 1. The first-order valence-corrected chi connectivity index (χ1v) is 14.4. The van der Waals surface area contributed by atoms with Crippen molar-refractivity contribution in [3.8, 4) is 22.6 Å². The van der Waals surface area contributed by atoms with Crippen molar-refractivity contribution in [3.63, 3.8) is 0 Å². The van der Waals surface area contributed by atoms with Crippen molar-refractivity contribution in [1.29, 1.82) is 0 Å². The number of hydrogen-bond donors (Lipinski definition) is 1. The van der Waals surface area contributed by atoms with Crippen molar-refractivity contribution in [2.75, 3.05) is 6.54 Å². The molecule has 3 heterocycles. The molecule has 4 aromatic rings. The standard InChI is InChI=1S/C14H18N2.C14H17NO.C8H13N.CH4/c2*1-10-8-13(16-15-10)11-6-5-7-12(9-11)14(2,3)4;1-8(2,3)7-4-5-9-6-7;/h5-9H,1-4H3,(H,15,16);5-9H,1-4H3;4,6H,5H2,1-3H3;1H4. The van der Waals surface area contributed by atoms with E-state index in [1.807, 2.05) is 26.1 Å². The lowest BCUT2D eigenvalue weighted by molar-refractivity contribution is 0.427. The van der Waals surface area contributed by atoms with E-state index in [4.69, 9.17) is 4.52 Å². The molecule has 0 amide bonds. The molecule has 5 heteroatoms. The maximum Gasteiger partial charge on any atom is 0.167 e. The molecule has 226 valence electrons. The third-order valence-electron chi connectivity index (χ3n) is 6.88. The van der Waals surface area contributed by atoms with Crippen molar-refractivity contribution in [1.82, 2.24) is 15.4 Å². The van der Waals surface area contributed by atoms with Crippen LogP contribution in [0.5, 0.6) is 0 Å². The lowest BCUT2D eigenvalue weighted by Crippen LogP contribution is -2.10. The molecule has 2 aromatic carbocycles. The Balaban J connectivity index is 0.000000227. The third kappa shape index (κ3) is 9.97. The summed E-state index contributed by atoms with van der Waals surface area (Å²) >= 11 is 0. The van der Waals surface area contributed by atoms with Crippen LogP contribution in [-0.2, 0) is 10.8 Å². The minimum Gasteiger partial charge on any atom is -0.356 e. The Morgan fingerprint density at radius 1 is 0.714 bits per heavy atom.